The molecule has 0 aliphatic carbocycles. The highest BCUT2D eigenvalue weighted by Gasteiger charge is 2.24. The minimum Gasteiger partial charge on any atom is -0.377 e. The summed E-state index contributed by atoms with van der Waals surface area (Å²) in [5.41, 5.74) is 0. The summed E-state index contributed by atoms with van der Waals surface area (Å²) in [5.74, 6) is 3.40. The van der Waals surface area contributed by atoms with E-state index in [-0.39, 0.29) is 24.0 Å². The van der Waals surface area contributed by atoms with Gasteiger partial charge in [-0.1, -0.05) is 0 Å². The second kappa shape index (κ2) is 11.3. The number of likely N-dealkylation sites (tertiary alicyclic amines) is 1. The van der Waals surface area contributed by atoms with Gasteiger partial charge in [-0.2, -0.15) is 5.10 Å². The van der Waals surface area contributed by atoms with Crippen LogP contribution in [-0.2, 0) is 24.3 Å². The van der Waals surface area contributed by atoms with Crippen molar-refractivity contribution >= 4 is 29.9 Å². The summed E-state index contributed by atoms with van der Waals surface area (Å²) in [6.07, 6.45) is 4.55. The molecule has 2 atom stereocenters. The van der Waals surface area contributed by atoms with Gasteiger partial charge in [0.25, 0.3) is 0 Å². The van der Waals surface area contributed by atoms with Crippen molar-refractivity contribution in [3.8, 4) is 0 Å². The van der Waals surface area contributed by atoms with Crippen LogP contribution in [0.15, 0.2) is 4.99 Å². The molecule has 8 nitrogen and oxygen atoms in total. The molecule has 0 radical (unpaired) electrons. The molecule has 160 valence electrons. The summed E-state index contributed by atoms with van der Waals surface area (Å²) < 4.78 is 7.14. The highest BCUT2D eigenvalue weighted by Crippen LogP contribution is 2.18. The van der Waals surface area contributed by atoms with Gasteiger partial charge in [-0.3, -0.25) is 4.99 Å². The van der Waals surface area contributed by atoms with Gasteiger partial charge in [0.1, 0.15) is 12.4 Å². The van der Waals surface area contributed by atoms with E-state index in [2.05, 4.69) is 44.5 Å². The van der Waals surface area contributed by atoms with Gasteiger partial charge in [-0.15, -0.1) is 24.0 Å². The molecule has 2 N–H and O–H groups in total. The molecule has 2 aliphatic heterocycles. The van der Waals surface area contributed by atoms with E-state index in [0.717, 1.165) is 43.5 Å². The first kappa shape index (κ1) is 23.3. The Balaban J connectivity index is 0.00000280. The lowest BCUT2D eigenvalue weighted by atomic mass is 9.97. The number of ether oxygens (including phenoxy) is 1. The summed E-state index contributed by atoms with van der Waals surface area (Å²) in [6, 6.07) is 0.951. The third kappa shape index (κ3) is 6.28. The van der Waals surface area contributed by atoms with E-state index in [1.807, 2.05) is 11.7 Å². The molecule has 0 aromatic carbocycles. The van der Waals surface area contributed by atoms with Gasteiger partial charge in [0.15, 0.2) is 11.8 Å². The fourth-order valence-corrected chi connectivity index (χ4v) is 4.03. The van der Waals surface area contributed by atoms with Gasteiger partial charge in [0, 0.05) is 45.8 Å². The van der Waals surface area contributed by atoms with Crippen LogP contribution in [-0.4, -0.2) is 71.5 Å². The molecule has 3 rings (SSSR count). The molecule has 1 aromatic heterocycles. The Bertz CT molecular complexity index is 634. The monoisotopic (exact) mass is 505 g/mol. The molecule has 0 spiro atoms. The van der Waals surface area contributed by atoms with Gasteiger partial charge < -0.3 is 20.3 Å². The van der Waals surface area contributed by atoms with E-state index in [9.17, 15) is 0 Å². The average Bonchev–Trinajstić information content (AvgIpc) is 3.07. The van der Waals surface area contributed by atoms with E-state index in [1.165, 1.54) is 25.9 Å². The van der Waals surface area contributed by atoms with Crippen molar-refractivity contribution in [3.05, 3.63) is 11.6 Å². The summed E-state index contributed by atoms with van der Waals surface area (Å²) in [4.78, 5) is 11.5. The molecule has 0 saturated carbocycles. The highest BCUT2D eigenvalue weighted by atomic mass is 127. The van der Waals surface area contributed by atoms with E-state index >= 15 is 0 Å². The lowest BCUT2D eigenvalue weighted by Gasteiger charge is -2.35. The summed E-state index contributed by atoms with van der Waals surface area (Å²) in [5, 5.41) is 11.7. The van der Waals surface area contributed by atoms with Crippen molar-refractivity contribution in [2.75, 3.05) is 33.8 Å². The Morgan fingerprint density at radius 2 is 2.14 bits per heavy atom. The predicted octanol–water partition coefficient (Wildman–Crippen LogP) is 1.64. The standard InChI is InChI=1S/C19H35N7O.HI/c1-14(2)25-9-5-6-15(11-25)10-21-19(20-3)22-16-7-8-18-23-17(13-27-4)24-26(18)12-16;/h14-16H,5-13H2,1-4H3,(H2,20,21,22);1H. The summed E-state index contributed by atoms with van der Waals surface area (Å²) >= 11 is 0. The van der Waals surface area contributed by atoms with Gasteiger partial charge in [-0.25, -0.2) is 9.67 Å². The van der Waals surface area contributed by atoms with Gasteiger partial charge in [0.2, 0.25) is 0 Å². The molecule has 2 aliphatic rings. The first-order valence-corrected chi connectivity index (χ1v) is 10.2. The number of nitrogens with one attached hydrogen (secondary N) is 2. The third-order valence-electron chi connectivity index (χ3n) is 5.58. The number of guanidine groups is 1. The fraction of sp³-hybridized carbons (Fsp3) is 0.842. The van der Waals surface area contributed by atoms with Gasteiger partial charge >= 0.3 is 0 Å². The lowest BCUT2D eigenvalue weighted by molar-refractivity contribution is 0.141. The van der Waals surface area contributed by atoms with Crippen molar-refractivity contribution < 1.29 is 4.74 Å². The van der Waals surface area contributed by atoms with Crippen molar-refractivity contribution in [1.82, 2.24) is 30.3 Å². The van der Waals surface area contributed by atoms with Crippen LogP contribution in [0.3, 0.4) is 0 Å². The SMILES string of the molecule is CN=C(NCC1CCCN(C(C)C)C1)NC1CCc2nc(COC)nn2C1.I. The van der Waals surface area contributed by atoms with Crippen LogP contribution in [0, 0.1) is 5.92 Å². The van der Waals surface area contributed by atoms with E-state index in [1.54, 1.807) is 7.11 Å². The Kier molecular flexibility index (Phi) is 9.42. The molecule has 1 aromatic rings. The first-order chi connectivity index (χ1) is 13.1. The Morgan fingerprint density at radius 1 is 1.32 bits per heavy atom. The minimum atomic E-state index is 0. The molecule has 0 amide bonds. The van der Waals surface area contributed by atoms with Crippen LogP contribution < -0.4 is 10.6 Å². The Morgan fingerprint density at radius 3 is 2.86 bits per heavy atom. The maximum atomic E-state index is 5.14. The Labute approximate surface area is 185 Å². The number of methoxy groups -OCH3 is 1. The number of rotatable bonds is 6. The number of halogens is 1. The molecule has 1 fully saturated rings. The molecule has 28 heavy (non-hydrogen) atoms. The summed E-state index contributed by atoms with van der Waals surface area (Å²) in [7, 11) is 3.52. The Hall–Kier alpha value is -0.940. The smallest absolute Gasteiger partial charge is 0.191 e. The number of piperidine rings is 1. The quantitative estimate of drug-likeness (QED) is 0.348. The molecular weight excluding hydrogens is 469 g/mol. The zero-order valence-corrected chi connectivity index (χ0v) is 20.0. The van der Waals surface area contributed by atoms with Crippen LogP contribution >= 0.6 is 24.0 Å². The molecule has 1 saturated heterocycles. The van der Waals surface area contributed by atoms with Crippen LogP contribution in [0.1, 0.15) is 44.8 Å². The number of aliphatic imine (C=N–C) groups is 1. The van der Waals surface area contributed by atoms with E-state index in [0.29, 0.717) is 24.6 Å². The normalized spacial score (nSPS) is 23.2. The number of hydrogen-bond acceptors (Lipinski definition) is 5. The second-order valence-corrected chi connectivity index (χ2v) is 7.99. The maximum absolute atomic E-state index is 5.14. The van der Waals surface area contributed by atoms with Gasteiger partial charge in [0.05, 0.1) is 6.54 Å². The van der Waals surface area contributed by atoms with E-state index < -0.39 is 0 Å². The molecule has 3 heterocycles. The van der Waals surface area contributed by atoms with Crippen molar-refractivity contribution in [2.24, 2.45) is 10.9 Å². The van der Waals surface area contributed by atoms with Crippen molar-refractivity contribution in [2.45, 2.75) is 64.8 Å². The van der Waals surface area contributed by atoms with Crippen molar-refractivity contribution in [1.29, 1.82) is 0 Å². The van der Waals surface area contributed by atoms with Crippen molar-refractivity contribution in [3.63, 3.8) is 0 Å². The molecule has 9 heteroatoms. The van der Waals surface area contributed by atoms with Gasteiger partial charge in [-0.05, 0) is 45.6 Å². The molecular formula is C19H36IN7O. The number of nitrogens with zero attached hydrogens (tertiary/aromatic N) is 5. The summed E-state index contributed by atoms with van der Waals surface area (Å²) in [6.45, 7) is 9.24. The largest absolute Gasteiger partial charge is 0.377 e. The fourth-order valence-electron chi connectivity index (χ4n) is 4.03. The van der Waals surface area contributed by atoms with Crippen LogP contribution in [0.5, 0.6) is 0 Å². The number of fused-ring (bicyclic) bond motifs is 1. The van der Waals surface area contributed by atoms with E-state index in [4.69, 9.17) is 4.74 Å². The van der Waals surface area contributed by atoms with Crippen LogP contribution in [0.25, 0.3) is 0 Å². The topological polar surface area (TPSA) is 79.6 Å². The number of hydrogen-bond donors (Lipinski definition) is 2. The third-order valence-corrected chi connectivity index (χ3v) is 5.58. The first-order valence-electron chi connectivity index (χ1n) is 10.2. The highest BCUT2D eigenvalue weighted by molar-refractivity contribution is 14.0. The number of aryl methyl sites for hydroxylation is 1. The number of aromatic nitrogens is 3. The zero-order valence-electron chi connectivity index (χ0n) is 17.6. The minimum absolute atomic E-state index is 0. The predicted molar refractivity (Wildman–Crippen MR) is 122 cm³/mol. The van der Waals surface area contributed by atoms with Crippen LogP contribution in [0.4, 0.5) is 0 Å². The zero-order chi connectivity index (χ0) is 19.2. The second-order valence-electron chi connectivity index (χ2n) is 7.99. The van der Waals surface area contributed by atoms with Crippen LogP contribution in [0.2, 0.25) is 0 Å². The lowest BCUT2D eigenvalue weighted by Crippen LogP contribution is -2.49. The average molecular weight is 505 g/mol. The molecule has 2 unspecified atom stereocenters. The molecule has 0 bridgehead atoms. The maximum Gasteiger partial charge on any atom is 0.191 e.